The molecule has 0 aliphatic carbocycles. The second-order valence-corrected chi connectivity index (χ2v) is 9.12. The summed E-state index contributed by atoms with van der Waals surface area (Å²) in [5.41, 5.74) is 5.64. The zero-order valence-corrected chi connectivity index (χ0v) is 17.7. The first-order valence-corrected chi connectivity index (χ1v) is 12.7. The van der Waals surface area contributed by atoms with Crippen LogP contribution >= 0.6 is 41.9 Å². The highest BCUT2D eigenvalue weighted by Crippen LogP contribution is 2.29. The molecule has 0 aromatic carbocycles. The van der Waals surface area contributed by atoms with Crippen LogP contribution in [0.15, 0.2) is 0 Å². The van der Waals surface area contributed by atoms with Gasteiger partial charge in [-0.3, -0.25) is 9.59 Å². The van der Waals surface area contributed by atoms with Crippen molar-refractivity contribution in [1.82, 2.24) is 10.6 Å². The molecule has 0 bridgehead atoms. The molecule has 10 heteroatoms. The Labute approximate surface area is 163 Å². The summed E-state index contributed by atoms with van der Waals surface area (Å²) in [6.07, 6.45) is 1.95. The molecule has 0 aromatic heterocycles. The Hall–Kier alpha value is 0.250. The molecule has 140 valence electrons. The molecule has 2 amide bonds. The van der Waals surface area contributed by atoms with Gasteiger partial charge >= 0.3 is 0 Å². The van der Waals surface area contributed by atoms with Crippen molar-refractivity contribution in [1.29, 1.82) is 0 Å². The number of ether oxygens (including phenoxy) is 1. The van der Waals surface area contributed by atoms with Gasteiger partial charge in [-0.05, 0) is 46.6 Å². The fourth-order valence-corrected chi connectivity index (χ4v) is 4.59. The van der Waals surface area contributed by atoms with Crippen molar-refractivity contribution in [3.63, 3.8) is 0 Å². The lowest BCUT2D eigenvalue weighted by Gasteiger charge is -2.39. The zero-order chi connectivity index (χ0) is 18.1. The Morgan fingerprint density at radius 2 is 2.12 bits per heavy atom. The van der Waals surface area contributed by atoms with Crippen LogP contribution in [-0.4, -0.2) is 65.7 Å². The minimum atomic E-state index is -0.910. The number of nitrogens with two attached hydrogens (primary N) is 1. The highest BCUT2D eigenvalue weighted by Gasteiger charge is 2.39. The Bertz CT molecular complexity index is 411. The number of rotatable bonds is 11. The fourth-order valence-electron chi connectivity index (χ4n) is 2.36. The Balaban J connectivity index is 2.47. The number of carbonyl (C=O) groups is 2. The number of nitrogens with one attached hydrogen (secondary N) is 2. The van der Waals surface area contributed by atoms with Crippen molar-refractivity contribution in [2.24, 2.45) is 11.7 Å². The molecule has 1 aliphatic rings. The van der Waals surface area contributed by atoms with Gasteiger partial charge < -0.3 is 26.2 Å². The Kier molecular flexibility index (Phi) is 10.9. The molecular formula is C14H26IN3O4S2. The molecule has 1 fully saturated rings. The predicted molar refractivity (Wildman–Crippen MR) is 107 cm³/mol. The van der Waals surface area contributed by atoms with Gasteiger partial charge in [0.05, 0.1) is 6.10 Å². The summed E-state index contributed by atoms with van der Waals surface area (Å²) in [7, 11) is 1.64. The van der Waals surface area contributed by atoms with Crippen LogP contribution in [0.25, 0.3) is 0 Å². The van der Waals surface area contributed by atoms with E-state index in [2.05, 4.69) is 31.8 Å². The number of hydrogen-bond acceptors (Lipinski definition) is 7. The number of hydrogen-bond donors (Lipinski definition) is 4. The summed E-state index contributed by atoms with van der Waals surface area (Å²) < 4.78 is 5.01. The van der Waals surface area contributed by atoms with Crippen LogP contribution in [0.3, 0.4) is 0 Å². The first-order chi connectivity index (χ1) is 11.4. The normalized spacial score (nSPS) is 25.5. The molecule has 1 aliphatic heterocycles. The molecule has 5 N–H and O–H groups in total. The molecule has 7 nitrogen and oxygen atoms in total. The quantitative estimate of drug-likeness (QED) is 0.311. The molecule has 1 saturated heterocycles. The largest absolute Gasteiger partial charge is 0.368 e. The minimum Gasteiger partial charge on any atom is -0.368 e. The maximum Gasteiger partial charge on any atom is 0.244 e. The van der Waals surface area contributed by atoms with Crippen LogP contribution in [0.4, 0.5) is 0 Å². The second-order valence-electron chi connectivity index (χ2n) is 5.72. The maximum absolute atomic E-state index is 12.4. The molecule has 1 heterocycles. The summed E-state index contributed by atoms with van der Waals surface area (Å²) in [6, 6.07) is -0.707. The van der Waals surface area contributed by atoms with Crippen LogP contribution in [0, 0.1) is 5.92 Å². The van der Waals surface area contributed by atoms with Crippen molar-refractivity contribution in [3.05, 3.63) is 0 Å². The molecule has 1 rings (SSSR count). The number of halogens is 1. The van der Waals surface area contributed by atoms with Crippen LogP contribution < -0.4 is 16.4 Å². The van der Waals surface area contributed by atoms with E-state index in [0.717, 1.165) is 17.9 Å². The first-order valence-electron chi connectivity index (χ1n) is 7.78. The van der Waals surface area contributed by atoms with Crippen molar-refractivity contribution in [3.8, 4) is 0 Å². The third-order valence-corrected chi connectivity index (χ3v) is 6.16. The molecular weight excluding hydrogens is 465 g/mol. The number of carbonyl (C=O) groups excluding carboxylic acids is 2. The minimum absolute atomic E-state index is 0.0312. The monoisotopic (exact) mass is 491 g/mol. The zero-order valence-electron chi connectivity index (χ0n) is 13.9. The van der Waals surface area contributed by atoms with E-state index >= 15 is 0 Å². The van der Waals surface area contributed by atoms with Crippen molar-refractivity contribution in [2.75, 3.05) is 24.3 Å². The van der Waals surface area contributed by atoms with E-state index in [1.165, 1.54) is 0 Å². The van der Waals surface area contributed by atoms with Gasteiger partial charge in [-0.25, -0.2) is 0 Å². The van der Waals surface area contributed by atoms with Gasteiger partial charge in [-0.15, -0.1) is 0 Å². The summed E-state index contributed by atoms with van der Waals surface area (Å²) in [4.78, 5) is 24.4. The molecule has 0 saturated carbocycles. The van der Waals surface area contributed by atoms with Gasteiger partial charge in [0.2, 0.25) is 11.8 Å². The number of aliphatic hydroxyl groups is 1. The standard InChI is InChI=1S/C14H26IN3O4S2/c1-8-10(14(21)22-8)5-12(19)18-11(6-16)13(20)17-9(7-24-15)3-4-23-2/h8-11,14,21H,3-7,16H2,1-2H3,(H,17,20)(H,18,19). The van der Waals surface area contributed by atoms with E-state index in [-0.39, 0.29) is 42.8 Å². The van der Waals surface area contributed by atoms with E-state index in [1.54, 1.807) is 27.6 Å². The SMILES string of the molecule is CSCCC(CSI)NC(=O)C(CN)NC(=O)CC1C(C)OC1O. The smallest absolute Gasteiger partial charge is 0.244 e. The molecule has 0 aromatic rings. The topological polar surface area (TPSA) is 114 Å². The number of thioether (sulfide) groups is 1. The average molecular weight is 491 g/mol. The van der Waals surface area contributed by atoms with Crippen LogP contribution in [0.2, 0.25) is 0 Å². The molecule has 5 unspecified atom stereocenters. The second kappa shape index (κ2) is 11.8. The van der Waals surface area contributed by atoms with E-state index < -0.39 is 12.3 Å². The van der Waals surface area contributed by atoms with Crippen LogP contribution in [0.1, 0.15) is 19.8 Å². The fraction of sp³-hybridized carbons (Fsp3) is 0.857. The lowest BCUT2D eigenvalue weighted by atomic mass is 9.93. The van der Waals surface area contributed by atoms with Gasteiger partial charge in [-0.2, -0.15) is 11.8 Å². The summed E-state index contributed by atoms with van der Waals surface area (Å²) in [6.45, 7) is 1.83. The highest BCUT2D eigenvalue weighted by molar-refractivity contribution is 14.2. The average Bonchev–Trinajstić information content (AvgIpc) is 2.55. The Morgan fingerprint density at radius 3 is 2.62 bits per heavy atom. The number of amides is 2. The van der Waals surface area contributed by atoms with Gasteiger partial charge in [0, 0.05) is 30.7 Å². The van der Waals surface area contributed by atoms with Crippen LogP contribution in [-0.2, 0) is 14.3 Å². The van der Waals surface area contributed by atoms with Gasteiger partial charge in [0.15, 0.2) is 6.29 Å². The maximum atomic E-state index is 12.4. The first kappa shape index (κ1) is 22.3. The third kappa shape index (κ3) is 7.24. The van der Waals surface area contributed by atoms with Crippen LogP contribution in [0.5, 0.6) is 0 Å². The van der Waals surface area contributed by atoms with E-state index in [0.29, 0.717) is 0 Å². The number of aliphatic hydroxyl groups excluding tert-OH is 1. The van der Waals surface area contributed by atoms with E-state index in [1.807, 2.05) is 6.26 Å². The molecule has 24 heavy (non-hydrogen) atoms. The predicted octanol–water partition coefficient (Wildman–Crippen LogP) is 0.494. The van der Waals surface area contributed by atoms with Crippen molar-refractivity contribution >= 4 is 53.7 Å². The lowest BCUT2D eigenvalue weighted by molar-refractivity contribution is -0.274. The lowest BCUT2D eigenvalue weighted by Crippen LogP contribution is -2.55. The van der Waals surface area contributed by atoms with Gasteiger partial charge in [-0.1, -0.05) is 8.93 Å². The Morgan fingerprint density at radius 1 is 1.42 bits per heavy atom. The molecule has 5 atom stereocenters. The van der Waals surface area contributed by atoms with Crippen molar-refractivity contribution in [2.45, 2.75) is 44.2 Å². The molecule has 0 radical (unpaired) electrons. The van der Waals surface area contributed by atoms with Gasteiger partial charge in [0.25, 0.3) is 0 Å². The highest BCUT2D eigenvalue weighted by atomic mass is 127. The summed E-state index contributed by atoms with van der Waals surface area (Å²) >= 11 is 3.93. The van der Waals surface area contributed by atoms with E-state index in [9.17, 15) is 14.7 Å². The molecule has 0 spiro atoms. The van der Waals surface area contributed by atoms with Gasteiger partial charge in [0.1, 0.15) is 6.04 Å². The summed E-state index contributed by atoms with van der Waals surface area (Å²) in [5.74, 6) is 0.960. The van der Waals surface area contributed by atoms with E-state index in [4.69, 9.17) is 10.5 Å². The third-order valence-electron chi connectivity index (χ3n) is 3.91. The van der Waals surface area contributed by atoms with Crippen molar-refractivity contribution < 1.29 is 19.4 Å². The summed E-state index contributed by atoms with van der Waals surface area (Å²) in [5, 5.41) is 15.1.